The van der Waals surface area contributed by atoms with Gasteiger partial charge in [0.25, 0.3) is 5.56 Å². The molecule has 28 heavy (non-hydrogen) atoms. The molecule has 0 aliphatic heterocycles. The zero-order chi connectivity index (χ0) is 20.2. The first-order valence-corrected chi connectivity index (χ1v) is 10.9. The molecular formula is C23H36N2O3. The lowest BCUT2D eigenvalue weighted by Crippen LogP contribution is -2.15. The summed E-state index contributed by atoms with van der Waals surface area (Å²) >= 11 is 0. The Hall–Kier alpha value is -2.17. The zero-order valence-corrected chi connectivity index (χ0v) is 17.7. The summed E-state index contributed by atoms with van der Waals surface area (Å²) in [4.78, 5) is 15.6. The molecule has 1 heterocycles. The molecule has 5 heteroatoms. The number of ether oxygens (including phenoxy) is 2. The van der Waals surface area contributed by atoms with Crippen molar-refractivity contribution in [3.8, 4) is 11.5 Å². The molecule has 0 spiro atoms. The van der Waals surface area contributed by atoms with Gasteiger partial charge >= 0.3 is 0 Å². The maximum absolute atomic E-state index is 12.7. The van der Waals surface area contributed by atoms with Crippen molar-refractivity contribution in [2.24, 2.45) is 0 Å². The van der Waals surface area contributed by atoms with E-state index in [4.69, 9.17) is 9.47 Å². The highest BCUT2D eigenvalue weighted by Crippen LogP contribution is 2.33. The van der Waals surface area contributed by atoms with Gasteiger partial charge in [-0.3, -0.25) is 4.79 Å². The molecule has 1 aromatic carbocycles. The molecule has 0 aliphatic carbocycles. The van der Waals surface area contributed by atoms with Gasteiger partial charge in [-0.1, -0.05) is 52.4 Å². The van der Waals surface area contributed by atoms with E-state index in [-0.39, 0.29) is 5.56 Å². The van der Waals surface area contributed by atoms with Crippen molar-refractivity contribution in [3.05, 3.63) is 28.6 Å². The molecule has 0 radical (unpaired) electrons. The van der Waals surface area contributed by atoms with Crippen LogP contribution in [0.15, 0.2) is 23.0 Å². The van der Waals surface area contributed by atoms with E-state index < -0.39 is 0 Å². The minimum Gasteiger partial charge on any atom is -0.489 e. The molecular weight excluding hydrogens is 352 g/mol. The van der Waals surface area contributed by atoms with Crippen molar-refractivity contribution >= 4 is 16.6 Å². The van der Waals surface area contributed by atoms with Gasteiger partial charge in [-0.25, -0.2) is 0 Å². The zero-order valence-electron chi connectivity index (χ0n) is 17.7. The van der Waals surface area contributed by atoms with Crippen LogP contribution in [0.25, 0.3) is 10.9 Å². The van der Waals surface area contributed by atoms with Crippen LogP contribution < -0.4 is 20.3 Å². The van der Waals surface area contributed by atoms with Gasteiger partial charge in [0, 0.05) is 17.6 Å². The highest BCUT2D eigenvalue weighted by Gasteiger charge is 2.16. The van der Waals surface area contributed by atoms with Gasteiger partial charge < -0.3 is 19.8 Å². The number of rotatable bonds is 14. The highest BCUT2D eigenvalue weighted by molar-refractivity contribution is 5.89. The number of hydrogen-bond acceptors (Lipinski definition) is 4. The molecule has 2 N–H and O–H groups in total. The fourth-order valence-corrected chi connectivity index (χ4v) is 3.21. The predicted octanol–water partition coefficient (Wildman–Crippen LogP) is 5.88. The third-order valence-electron chi connectivity index (χ3n) is 4.79. The average molecular weight is 389 g/mol. The molecule has 5 nitrogen and oxygen atoms in total. The van der Waals surface area contributed by atoms with E-state index in [1.165, 1.54) is 25.7 Å². The van der Waals surface area contributed by atoms with Crippen LogP contribution in [0.1, 0.15) is 72.1 Å². The first-order chi connectivity index (χ1) is 13.7. The number of anilines is 1. The molecule has 0 amide bonds. The van der Waals surface area contributed by atoms with Gasteiger partial charge in [-0.2, -0.15) is 0 Å². The summed E-state index contributed by atoms with van der Waals surface area (Å²) in [5.74, 6) is 0.884. The van der Waals surface area contributed by atoms with Crippen LogP contribution in [0.5, 0.6) is 11.5 Å². The Bertz CT molecular complexity index is 770. The van der Waals surface area contributed by atoms with E-state index in [1.807, 2.05) is 25.1 Å². The third-order valence-corrected chi connectivity index (χ3v) is 4.79. The van der Waals surface area contributed by atoms with E-state index in [0.29, 0.717) is 24.7 Å². The van der Waals surface area contributed by atoms with Gasteiger partial charge in [-0.15, -0.1) is 0 Å². The first-order valence-electron chi connectivity index (χ1n) is 10.9. The van der Waals surface area contributed by atoms with Crippen molar-refractivity contribution in [2.45, 2.75) is 72.1 Å². The van der Waals surface area contributed by atoms with Crippen molar-refractivity contribution in [2.75, 3.05) is 25.1 Å². The van der Waals surface area contributed by atoms with Gasteiger partial charge in [0.2, 0.25) is 5.75 Å². The van der Waals surface area contributed by atoms with Crippen LogP contribution in [0.3, 0.4) is 0 Å². The lowest BCUT2D eigenvalue weighted by Gasteiger charge is -2.15. The Morgan fingerprint density at radius 1 is 0.857 bits per heavy atom. The minimum absolute atomic E-state index is 0.223. The fraction of sp³-hybridized carbons (Fsp3) is 0.609. The number of aromatic amines is 1. The Morgan fingerprint density at radius 3 is 2.29 bits per heavy atom. The monoisotopic (exact) mass is 388 g/mol. The number of pyridine rings is 1. The van der Waals surface area contributed by atoms with Crippen LogP contribution in [0.2, 0.25) is 0 Å². The number of nitrogens with one attached hydrogen (secondary N) is 2. The van der Waals surface area contributed by atoms with Crippen molar-refractivity contribution < 1.29 is 9.47 Å². The second-order valence-electron chi connectivity index (χ2n) is 7.22. The van der Waals surface area contributed by atoms with Gasteiger partial charge in [0.1, 0.15) is 0 Å². The molecule has 0 bridgehead atoms. The fourth-order valence-electron chi connectivity index (χ4n) is 3.21. The number of aromatic nitrogens is 1. The summed E-state index contributed by atoms with van der Waals surface area (Å²) in [6, 6.07) is 5.95. The Morgan fingerprint density at radius 2 is 1.54 bits per heavy atom. The summed E-state index contributed by atoms with van der Waals surface area (Å²) in [6.07, 6.45) is 9.09. The van der Waals surface area contributed by atoms with E-state index in [1.54, 1.807) is 0 Å². The second-order valence-corrected chi connectivity index (χ2v) is 7.22. The third kappa shape index (κ3) is 6.47. The smallest absolute Gasteiger partial charge is 0.294 e. The van der Waals surface area contributed by atoms with E-state index in [2.05, 4.69) is 24.1 Å². The Kier molecular flexibility index (Phi) is 9.73. The number of benzene rings is 1. The van der Waals surface area contributed by atoms with Crippen molar-refractivity contribution in [3.63, 3.8) is 0 Å². The highest BCUT2D eigenvalue weighted by atomic mass is 16.5. The van der Waals surface area contributed by atoms with Crippen LogP contribution in [-0.4, -0.2) is 24.7 Å². The lowest BCUT2D eigenvalue weighted by molar-refractivity contribution is 0.259. The average Bonchev–Trinajstić information content (AvgIpc) is 2.69. The van der Waals surface area contributed by atoms with E-state index in [9.17, 15) is 4.79 Å². The van der Waals surface area contributed by atoms with E-state index >= 15 is 0 Å². The SMILES string of the molecule is CCCCCCCCOc1c(OCCCC)c2ccc(NCC)cc2[nH]c1=O. The summed E-state index contributed by atoms with van der Waals surface area (Å²) in [5, 5.41) is 4.16. The standard InChI is InChI=1S/C23H36N2O3/c1-4-7-9-10-11-12-16-28-22-21(27-15-8-5-2)19-14-13-18(24-6-3)17-20(19)25-23(22)26/h13-14,17,24H,4-12,15-16H2,1-3H3,(H,25,26). The molecule has 0 saturated heterocycles. The Balaban J connectivity index is 2.17. The molecule has 0 aliphatic rings. The maximum atomic E-state index is 12.7. The summed E-state index contributed by atoms with van der Waals surface area (Å²) in [5.41, 5.74) is 1.52. The Labute approximate surface area is 168 Å². The quantitative estimate of drug-likeness (QED) is 0.397. The van der Waals surface area contributed by atoms with Gasteiger partial charge in [0.15, 0.2) is 5.75 Å². The van der Waals surface area contributed by atoms with Crippen molar-refractivity contribution in [1.82, 2.24) is 4.98 Å². The molecule has 0 fully saturated rings. The summed E-state index contributed by atoms with van der Waals surface area (Å²) < 4.78 is 11.9. The van der Waals surface area contributed by atoms with Crippen LogP contribution in [0, 0.1) is 0 Å². The maximum Gasteiger partial charge on any atom is 0.294 e. The van der Waals surface area contributed by atoms with Crippen LogP contribution in [0.4, 0.5) is 5.69 Å². The molecule has 0 atom stereocenters. The van der Waals surface area contributed by atoms with Crippen LogP contribution >= 0.6 is 0 Å². The molecule has 0 unspecified atom stereocenters. The number of unbranched alkanes of at least 4 members (excludes halogenated alkanes) is 6. The topological polar surface area (TPSA) is 63.4 Å². The minimum atomic E-state index is -0.223. The largest absolute Gasteiger partial charge is 0.489 e. The van der Waals surface area contributed by atoms with Gasteiger partial charge in [0.05, 0.1) is 18.7 Å². The molecule has 0 saturated carbocycles. The molecule has 2 rings (SSSR count). The number of hydrogen-bond donors (Lipinski definition) is 2. The first kappa shape index (κ1) is 22.1. The number of H-pyrrole nitrogens is 1. The normalized spacial score (nSPS) is 11.0. The summed E-state index contributed by atoms with van der Waals surface area (Å²) in [6.45, 7) is 8.34. The van der Waals surface area contributed by atoms with E-state index in [0.717, 1.165) is 48.8 Å². The summed E-state index contributed by atoms with van der Waals surface area (Å²) in [7, 11) is 0. The van der Waals surface area contributed by atoms with Crippen molar-refractivity contribution in [1.29, 1.82) is 0 Å². The lowest BCUT2D eigenvalue weighted by atomic mass is 10.1. The second kappa shape index (κ2) is 12.3. The molecule has 156 valence electrons. The predicted molar refractivity (Wildman–Crippen MR) is 118 cm³/mol. The molecule has 2 aromatic rings. The van der Waals surface area contributed by atoms with Gasteiger partial charge in [-0.05, 0) is 38.0 Å². The number of fused-ring (bicyclic) bond motifs is 1. The molecule has 1 aromatic heterocycles. The van der Waals surface area contributed by atoms with Crippen LogP contribution in [-0.2, 0) is 0 Å².